The molecule has 11 heavy (non-hydrogen) atoms. The fourth-order valence-corrected chi connectivity index (χ4v) is 1.29. The molecule has 0 unspecified atom stereocenters. The number of benzene rings is 1. The number of nitrogen functional groups attached to an aromatic ring is 1. The maximum atomic E-state index is 5.65. The molecule has 0 fully saturated rings. The number of hydrogen-bond acceptors (Lipinski definition) is 1. The maximum Gasteiger partial charge on any atom is 0.0320 e. The lowest BCUT2D eigenvalue weighted by atomic mass is 9.92. The minimum atomic E-state index is 0.857. The molecule has 1 nitrogen and oxygen atoms in total. The lowest BCUT2D eigenvalue weighted by Gasteiger charge is -2.14. The summed E-state index contributed by atoms with van der Waals surface area (Å²) < 4.78 is 0. The first-order chi connectivity index (χ1) is 5.36. The van der Waals surface area contributed by atoms with Gasteiger partial charge in [0.2, 0.25) is 0 Å². The number of anilines is 1. The van der Waals surface area contributed by atoms with Gasteiger partial charge >= 0.3 is 0 Å². The minimum absolute atomic E-state index is 0.857. The van der Waals surface area contributed by atoms with Crippen LogP contribution in [0.1, 0.15) is 18.4 Å². The van der Waals surface area contributed by atoms with Gasteiger partial charge in [0.05, 0.1) is 0 Å². The van der Waals surface area contributed by atoms with Crippen LogP contribution in [0.25, 0.3) is 5.57 Å². The summed E-state index contributed by atoms with van der Waals surface area (Å²) >= 11 is 0. The number of hydrogen-bond donors (Lipinski definition) is 1. The quantitative estimate of drug-likeness (QED) is 0.603. The van der Waals surface area contributed by atoms with Gasteiger partial charge in [-0.3, -0.25) is 0 Å². The maximum absolute atomic E-state index is 5.65. The Bertz CT molecular complexity index is 299. The molecule has 0 saturated heterocycles. The SMILES string of the molecule is Nc1cccc(C2=CCC2)c1. The van der Waals surface area contributed by atoms with Gasteiger partial charge in [-0.05, 0) is 36.1 Å². The average Bonchev–Trinajstić information content (AvgIpc) is 1.83. The van der Waals surface area contributed by atoms with Gasteiger partial charge in [0.15, 0.2) is 0 Å². The van der Waals surface area contributed by atoms with Crippen LogP contribution in [0.2, 0.25) is 0 Å². The Labute approximate surface area is 66.5 Å². The molecule has 0 aromatic heterocycles. The first-order valence-corrected chi connectivity index (χ1v) is 3.91. The molecule has 0 saturated carbocycles. The summed E-state index contributed by atoms with van der Waals surface area (Å²) in [7, 11) is 0. The Morgan fingerprint density at radius 3 is 2.64 bits per heavy atom. The zero-order chi connectivity index (χ0) is 7.68. The van der Waals surface area contributed by atoms with Crippen LogP contribution in [0.3, 0.4) is 0 Å². The van der Waals surface area contributed by atoms with Gasteiger partial charge in [-0.25, -0.2) is 0 Å². The topological polar surface area (TPSA) is 26.0 Å². The normalized spacial score (nSPS) is 15.5. The highest BCUT2D eigenvalue weighted by molar-refractivity contribution is 5.71. The molecule has 1 aromatic rings. The molecule has 1 aliphatic carbocycles. The summed E-state index contributed by atoms with van der Waals surface area (Å²) in [5, 5.41) is 0. The second-order valence-corrected chi connectivity index (χ2v) is 2.89. The first kappa shape index (κ1) is 6.47. The Morgan fingerprint density at radius 1 is 1.27 bits per heavy atom. The van der Waals surface area contributed by atoms with Crippen molar-refractivity contribution in [2.75, 3.05) is 5.73 Å². The van der Waals surface area contributed by atoms with Crippen LogP contribution in [-0.4, -0.2) is 0 Å². The largest absolute Gasteiger partial charge is 0.399 e. The van der Waals surface area contributed by atoms with Gasteiger partial charge in [0.25, 0.3) is 0 Å². The smallest absolute Gasteiger partial charge is 0.0320 e. The lowest BCUT2D eigenvalue weighted by molar-refractivity contribution is 0.988. The summed E-state index contributed by atoms with van der Waals surface area (Å²) in [4.78, 5) is 0. The Hall–Kier alpha value is -1.24. The zero-order valence-corrected chi connectivity index (χ0v) is 6.38. The highest BCUT2D eigenvalue weighted by Gasteiger charge is 2.07. The van der Waals surface area contributed by atoms with E-state index < -0.39 is 0 Å². The van der Waals surface area contributed by atoms with E-state index in [0.29, 0.717) is 0 Å². The van der Waals surface area contributed by atoms with Crippen molar-refractivity contribution in [3.05, 3.63) is 35.9 Å². The van der Waals surface area contributed by atoms with Crippen LogP contribution >= 0.6 is 0 Å². The molecular formula is C10H11N. The average molecular weight is 145 g/mol. The van der Waals surface area contributed by atoms with Crippen molar-refractivity contribution in [3.8, 4) is 0 Å². The van der Waals surface area contributed by atoms with E-state index in [0.717, 1.165) is 5.69 Å². The van der Waals surface area contributed by atoms with Gasteiger partial charge < -0.3 is 5.73 Å². The van der Waals surface area contributed by atoms with Crippen molar-refractivity contribution in [3.63, 3.8) is 0 Å². The van der Waals surface area contributed by atoms with E-state index in [1.165, 1.54) is 24.0 Å². The highest BCUT2D eigenvalue weighted by Crippen LogP contribution is 2.29. The first-order valence-electron chi connectivity index (χ1n) is 3.91. The molecule has 0 amide bonds. The second kappa shape index (κ2) is 2.42. The van der Waals surface area contributed by atoms with Gasteiger partial charge in [-0.2, -0.15) is 0 Å². The molecule has 0 spiro atoms. The van der Waals surface area contributed by atoms with Gasteiger partial charge in [0.1, 0.15) is 0 Å². The Kier molecular flexibility index (Phi) is 1.42. The fraction of sp³-hybridized carbons (Fsp3) is 0.200. The predicted octanol–water partition coefficient (Wildman–Crippen LogP) is 2.45. The van der Waals surface area contributed by atoms with Crippen molar-refractivity contribution in [2.24, 2.45) is 0 Å². The molecule has 0 aliphatic heterocycles. The molecule has 0 bridgehead atoms. The van der Waals surface area contributed by atoms with Crippen LogP contribution in [0.15, 0.2) is 30.3 Å². The second-order valence-electron chi connectivity index (χ2n) is 2.89. The zero-order valence-electron chi connectivity index (χ0n) is 6.38. The molecular weight excluding hydrogens is 134 g/mol. The molecule has 1 heteroatoms. The highest BCUT2D eigenvalue weighted by atomic mass is 14.5. The lowest BCUT2D eigenvalue weighted by Crippen LogP contribution is -1.94. The third-order valence-electron chi connectivity index (χ3n) is 2.06. The number of allylic oxidation sites excluding steroid dienone is 2. The van der Waals surface area contributed by atoms with E-state index in [1.807, 2.05) is 18.2 Å². The summed E-state index contributed by atoms with van der Waals surface area (Å²) in [5.41, 5.74) is 9.23. The fourth-order valence-electron chi connectivity index (χ4n) is 1.29. The molecule has 0 atom stereocenters. The molecule has 56 valence electrons. The van der Waals surface area contributed by atoms with Crippen molar-refractivity contribution >= 4 is 11.3 Å². The molecule has 2 N–H and O–H groups in total. The molecule has 0 heterocycles. The van der Waals surface area contributed by atoms with E-state index in [4.69, 9.17) is 5.73 Å². The molecule has 1 aliphatic rings. The minimum Gasteiger partial charge on any atom is -0.399 e. The third kappa shape index (κ3) is 1.14. The predicted molar refractivity (Wildman–Crippen MR) is 48.1 cm³/mol. The van der Waals surface area contributed by atoms with Crippen LogP contribution < -0.4 is 5.73 Å². The summed E-state index contributed by atoms with van der Waals surface area (Å²) in [6.45, 7) is 0. The summed E-state index contributed by atoms with van der Waals surface area (Å²) in [6, 6.07) is 8.07. The van der Waals surface area contributed by atoms with Crippen molar-refractivity contribution < 1.29 is 0 Å². The van der Waals surface area contributed by atoms with E-state index >= 15 is 0 Å². The monoisotopic (exact) mass is 145 g/mol. The standard InChI is InChI=1S/C10H11N/c11-10-6-2-5-9(7-10)8-3-1-4-8/h2-3,5-7H,1,4,11H2. The van der Waals surface area contributed by atoms with Crippen LogP contribution in [0, 0.1) is 0 Å². The molecule has 1 aromatic carbocycles. The molecule has 2 rings (SSSR count). The van der Waals surface area contributed by atoms with Crippen molar-refractivity contribution in [1.29, 1.82) is 0 Å². The van der Waals surface area contributed by atoms with Gasteiger partial charge in [-0.1, -0.05) is 18.2 Å². The summed E-state index contributed by atoms with van der Waals surface area (Å²) in [6.07, 6.45) is 4.70. The Morgan fingerprint density at radius 2 is 2.09 bits per heavy atom. The van der Waals surface area contributed by atoms with Crippen molar-refractivity contribution in [2.45, 2.75) is 12.8 Å². The molecule has 0 radical (unpaired) electrons. The Balaban J connectivity index is 2.38. The number of nitrogens with two attached hydrogens (primary N) is 1. The number of rotatable bonds is 1. The van der Waals surface area contributed by atoms with Crippen LogP contribution in [-0.2, 0) is 0 Å². The van der Waals surface area contributed by atoms with Crippen LogP contribution in [0.5, 0.6) is 0 Å². The third-order valence-corrected chi connectivity index (χ3v) is 2.06. The van der Waals surface area contributed by atoms with E-state index in [9.17, 15) is 0 Å². The van der Waals surface area contributed by atoms with E-state index in [-0.39, 0.29) is 0 Å². The van der Waals surface area contributed by atoms with E-state index in [1.54, 1.807) is 0 Å². The van der Waals surface area contributed by atoms with Gasteiger partial charge in [-0.15, -0.1) is 0 Å². The van der Waals surface area contributed by atoms with Crippen LogP contribution in [0.4, 0.5) is 5.69 Å². The van der Waals surface area contributed by atoms with Gasteiger partial charge in [0, 0.05) is 5.69 Å². The van der Waals surface area contributed by atoms with E-state index in [2.05, 4.69) is 12.1 Å². The van der Waals surface area contributed by atoms with Crippen molar-refractivity contribution in [1.82, 2.24) is 0 Å². The summed E-state index contributed by atoms with van der Waals surface area (Å²) in [5.74, 6) is 0.